The van der Waals surface area contributed by atoms with Crippen LogP contribution in [0.5, 0.6) is 0 Å². The molecule has 1 aromatic heterocycles. The van der Waals surface area contributed by atoms with Crippen LogP contribution in [0.25, 0.3) is 0 Å². The van der Waals surface area contributed by atoms with Gasteiger partial charge in [-0.1, -0.05) is 5.16 Å². The molecule has 0 bridgehead atoms. The first-order chi connectivity index (χ1) is 8.01. The first-order valence-corrected chi connectivity index (χ1v) is 5.19. The minimum atomic E-state index is -0.515. The van der Waals surface area contributed by atoms with Crippen LogP contribution in [0, 0.1) is 6.92 Å². The van der Waals surface area contributed by atoms with Crippen LogP contribution in [0.4, 0.5) is 0 Å². The lowest BCUT2D eigenvalue weighted by Crippen LogP contribution is -2.20. The van der Waals surface area contributed by atoms with Gasteiger partial charge >= 0.3 is 11.9 Å². The zero-order valence-corrected chi connectivity index (χ0v) is 10.1. The first-order valence-electron chi connectivity index (χ1n) is 5.19. The molecule has 0 spiro atoms. The van der Waals surface area contributed by atoms with Crippen molar-refractivity contribution in [3.63, 3.8) is 0 Å². The molecule has 0 N–H and O–H groups in total. The number of hydrogen-bond donors (Lipinski definition) is 0. The van der Waals surface area contributed by atoms with Crippen LogP contribution >= 0.6 is 0 Å². The summed E-state index contributed by atoms with van der Waals surface area (Å²) in [5, 5.41) is 3.65. The quantitative estimate of drug-likeness (QED) is 0.716. The van der Waals surface area contributed by atoms with E-state index in [2.05, 4.69) is 9.89 Å². The summed E-state index contributed by atoms with van der Waals surface area (Å²) in [5.41, 5.74) is 0.704. The van der Waals surface area contributed by atoms with E-state index in [4.69, 9.17) is 9.26 Å². The van der Waals surface area contributed by atoms with Crippen molar-refractivity contribution in [2.75, 3.05) is 7.11 Å². The molecule has 0 radical (unpaired) electrons. The Labute approximate surface area is 98.9 Å². The highest BCUT2D eigenvalue weighted by molar-refractivity contribution is 5.73. The fraction of sp³-hybridized carbons (Fsp3) is 0.545. The van der Waals surface area contributed by atoms with E-state index in [1.54, 1.807) is 19.9 Å². The fourth-order valence-electron chi connectivity index (χ4n) is 1.27. The second kappa shape index (κ2) is 6.03. The Bertz CT molecular complexity index is 398. The van der Waals surface area contributed by atoms with Crippen molar-refractivity contribution in [3.05, 3.63) is 17.5 Å². The van der Waals surface area contributed by atoms with Gasteiger partial charge in [0.1, 0.15) is 18.3 Å². The van der Waals surface area contributed by atoms with E-state index in [1.807, 2.05) is 0 Å². The largest absolute Gasteiger partial charge is 0.469 e. The van der Waals surface area contributed by atoms with Gasteiger partial charge in [-0.2, -0.15) is 0 Å². The van der Waals surface area contributed by atoms with Gasteiger partial charge in [0.15, 0.2) is 0 Å². The number of aromatic nitrogens is 1. The van der Waals surface area contributed by atoms with Crippen molar-refractivity contribution in [2.24, 2.45) is 0 Å². The molecule has 1 unspecified atom stereocenters. The molecular weight excluding hydrogens is 226 g/mol. The van der Waals surface area contributed by atoms with Gasteiger partial charge in [0, 0.05) is 6.07 Å². The third kappa shape index (κ3) is 4.67. The lowest BCUT2D eigenvalue weighted by Gasteiger charge is -2.10. The predicted octanol–water partition coefficient (Wildman–Crippen LogP) is 1.02. The maximum atomic E-state index is 11.4. The Kier molecular flexibility index (Phi) is 4.68. The zero-order chi connectivity index (χ0) is 12.8. The molecule has 17 heavy (non-hydrogen) atoms. The van der Waals surface area contributed by atoms with Crippen LogP contribution in [0.1, 0.15) is 24.8 Å². The number of hydrogen-bond acceptors (Lipinski definition) is 6. The van der Waals surface area contributed by atoms with Gasteiger partial charge in [0.25, 0.3) is 0 Å². The molecule has 0 aliphatic carbocycles. The van der Waals surface area contributed by atoms with E-state index in [0.29, 0.717) is 11.5 Å². The second-order valence-electron chi connectivity index (χ2n) is 3.69. The number of carbonyl (C=O) groups excluding carboxylic acids is 2. The molecule has 6 nitrogen and oxygen atoms in total. The van der Waals surface area contributed by atoms with E-state index in [-0.39, 0.29) is 12.8 Å². The summed E-state index contributed by atoms with van der Waals surface area (Å²) in [6.07, 6.45) is -0.469. The summed E-state index contributed by atoms with van der Waals surface area (Å²) < 4.78 is 14.4. The van der Waals surface area contributed by atoms with Crippen LogP contribution in [0.15, 0.2) is 10.6 Å². The molecule has 1 atom stereocenters. The fourth-order valence-corrected chi connectivity index (χ4v) is 1.27. The number of ether oxygens (including phenoxy) is 2. The monoisotopic (exact) mass is 241 g/mol. The standard InChI is InChI=1S/C11H15NO5/c1-7-4-9(17-12-7)6-11(14)16-8(2)5-10(13)15-3/h4,8H,5-6H2,1-3H3. The number of methoxy groups -OCH3 is 1. The van der Waals surface area contributed by atoms with E-state index in [9.17, 15) is 9.59 Å². The number of nitrogens with zero attached hydrogens (tertiary/aromatic N) is 1. The number of aryl methyl sites for hydroxylation is 1. The molecule has 0 aliphatic rings. The van der Waals surface area contributed by atoms with Gasteiger partial charge in [-0.05, 0) is 13.8 Å². The maximum Gasteiger partial charge on any atom is 0.313 e. The molecule has 0 amide bonds. The van der Waals surface area contributed by atoms with E-state index in [1.165, 1.54) is 7.11 Å². The number of carbonyl (C=O) groups is 2. The predicted molar refractivity (Wildman–Crippen MR) is 57.1 cm³/mol. The summed E-state index contributed by atoms with van der Waals surface area (Å²) in [6.45, 7) is 3.39. The second-order valence-corrected chi connectivity index (χ2v) is 3.69. The molecule has 0 aliphatic heterocycles. The van der Waals surface area contributed by atoms with Crippen molar-refractivity contribution in [1.82, 2.24) is 5.16 Å². The molecule has 0 aromatic carbocycles. The molecule has 1 aromatic rings. The van der Waals surface area contributed by atoms with E-state index < -0.39 is 18.0 Å². The van der Waals surface area contributed by atoms with Gasteiger partial charge in [0.05, 0.1) is 19.2 Å². The Hall–Kier alpha value is -1.85. The summed E-state index contributed by atoms with van der Waals surface area (Å²) in [5.74, 6) is -0.434. The minimum absolute atomic E-state index is 0.00630. The summed E-state index contributed by atoms with van der Waals surface area (Å²) >= 11 is 0. The molecule has 0 saturated carbocycles. The topological polar surface area (TPSA) is 78.6 Å². The molecule has 1 heterocycles. The first kappa shape index (κ1) is 13.2. The van der Waals surface area contributed by atoms with Gasteiger partial charge in [0.2, 0.25) is 0 Å². The van der Waals surface area contributed by atoms with Crippen LogP contribution in [0.3, 0.4) is 0 Å². The van der Waals surface area contributed by atoms with Crippen LogP contribution in [0.2, 0.25) is 0 Å². The third-order valence-electron chi connectivity index (χ3n) is 2.01. The number of esters is 2. The Morgan fingerprint density at radius 1 is 1.47 bits per heavy atom. The SMILES string of the molecule is COC(=O)CC(C)OC(=O)Cc1cc(C)no1. The van der Waals surface area contributed by atoms with Gasteiger partial charge in [-0.25, -0.2) is 0 Å². The zero-order valence-electron chi connectivity index (χ0n) is 10.1. The molecule has 0 fully saturated rings. The van der Waals surface area contributed by atoms with Crippen LogP contribution < -0.4 is 0 Å². The van der Waals surface area contributed by atoms with Crippen LogP contribution in [-0.2, 0) is 25.5 Å². The van der Waals surface area contributed by atoms with Crippen LogP contribution in [-0.4, -0.2) is 30.3 Å². The Morgan fingerprint density at radius 3 is 2.71 bits per heavy atom. The van der Waals surface area contributed by atoms with Crippen molar-refractivity contribution >= 4 is 11.9 Å². The lowest BCUT2D eigenvalue weighted by atomic mass is 10.2. The summed E-state index contributed by atoms with van der Waals surface area (Å²) in [6, 6.07) is 1.66. The summed E-state index contributed by atoms with van der Waals surface area (Å²) in [7, 11) is 1.29. The van der Waals surface area contributed by atoms with Crippen molar-refractivity contribution in [2.45, 2.75) is 32.8 Å². The highest BCUT2D eigenvalue weighted by Crippen LogP contribution is 2.06. The maximum absolute atomic E-state index is 11.4. The normalized spacial score (nSPS) is 11.9. The molecule has 1 rings (SSSR count). The molecule has 6 heteroatoms. The minimum Gasteiger partial charge on any atom is -0.469 e. The van der Waals surface area contributed by atoms with Crippen molar-refractivity contribution in [3.8, 4) is 0 Å². The Morgan fingerprint density at radius 2 is 2.18 bits per heavy atom. The molecular formula is C11H15NO5. The van der Waals surface area contributed by atoms with Gasteiger partial charge < -0.3 is 14.0 Å². The van der Waals surface area contributed by atoms with E-state index in [0.717, 1.165) is 0 Å². The smallest absolute Gasteiger partial charge is 0.313 e. The third-order valence-corrected chi connectivity index (χ3v) is 2.01. The highest BCUT2D eigenvalue weighted by atomic mass is 16.6. The average Bonchev–Trinajstić information content (AvgIpc) is 2.63. The Balaban J connectivity index is 2.36. The lowest BCUT2D eigenvalue weighted by molar-refractivity contribution is -0.152. The van der Waals surface area contributed by atoms with Gasteiger partial charge in [-0.3, -0.25) is 9.59 Å². The number of rotatable bonds is 5. The molecule has 0 saturated heterocycles. The van der Waals surface area contributed by atoms with E-state index >= 15 is 0 Å². The highest BCUT2D eigenvalue weighted by Gasteiger charge is 2.16. The summed E-state index contributed by atoms with van der Waals surface area (Å²) in [4.78, 5) is 22.4. The average molecular weight is 241 g/mol. The van der Waals surface area contributed by atoms with Crippen molar-refractivity contribution in [1.29, 1.82) is 0 Å². The molecule has 94 valence electrons. The van der Waals surface area contributed by atoms with Crippen molar-refractivity contribution < 1.29 is 23.6 Å². The van der Waals surface area contributed by atoms with Gasteiger partial charge in [-0.15, -0.1) is 0 Å².